The number of aryl methyl sites for hydroxylation is 1. The molecule has 29 heavy (non-hydrogen) atoms. The van der Waals surface area contributed by atoms with E-state index in [-0.39, 0.29) is 23.5 Å². The third-order valence-corrected chi connectivity index (χ3v) is 7.47. The predicted octanol–water partition coefficient (Wildman–Crippen LogP) is 4.94. The van der Waals surface area contributed by atoms with Crippen LogP contribution in [0.1, 0.15) is 30.1 Å². The average Bonchev–Trinajstić information content (AvgIpc) is 3.43. The molecule has 2 aromatic rings. The highest BCUT2D eigenvalue weighted by Crippen LogP contribution is 2.58. The highest BCUT2D eigenvalue weighted by molar-refractivity contribution is 7.86. The average molecular weight is 457 g/mol. The van der Waals surface area contributed by atoms with Crippen LogP contribution in [0.25, 0.3) is 0 Å². The SMILES string of the molecule is Cc1ccc(S(=O)(=O)OC[C@]2(C3CCOCC3)O[C@H]2c2ccc(Cl)cc2Cl)cc1. The van der Waals surface area contributed by atoms with E-state index in [4.69, 9.17) is 36.9 Å². The van der Waals surface area contributed by atoms with E-state index in [0.29, 0.717) is 23.3 Å². The Balaban J connectivity index is 1.58. The Labute approximate surface area is 181 Å². The fraction of sp³-hybridized carbons (Fsp3) is 0.429. The molecule has 0 bridgehead atoms. The largest absolute Gasteiger partial charge is 0.381 e. The molecule has 0 amide bonds. The van der Waals surface area contributed by atoms with Gasteiger partial charge in [-0.05, 0) is 49.9 Å². The maximum Gasteiger partial charge on any atom is 0.297 e. The van der Waals surface area contributed by atoms with Gasteiger partial charge in [0.25, 0.3) is 10.1 Å². The van der Waals surface area contributed by atoms with E-state index in [1.807, 2.05) is 13.0 Å². The molecule has 2 heterocycles. The monoisotopic (exact) mass is 456 g/mol. The number of rotatable bonds is 6. The molecule has 0 saturated carbocycles. The van der Waals surface area contributed by atoms with Crippen molar-refractivity contribution in [2.24, 2.45) is 5.92 Å². The normalized spacial score (nSPS) is 25.1. The lowest BCUT2D eigenvalue weighted by Gasteiger charge is -2.28. The van der Waals surface area contributed by atoms with Crippen LogP contribution < -0.4 is 0 Å². The molecule has 2 atom stereocenters. The smallest absolute Gasteiger partial charge is 0.297 e. The molecule has 0 radical (unpaired) electrons. The zero-order chi connectivity index (χ0) is 20.6. The second kappa shape index (κ2) is 8.17. The van der Waals surface area contributed by atoms with Crippen molar-refractivity contribution in [2.45, 2.75) is 36.4 Å². The van der Waals surface area contributed by atoms with Gasteiger partial charge in [0.15, 0.2) is 0 Å². The molecule has 2 aliphatic heterocycles. The van der Waals surface area contributed by atoms with Crippen molar-refractivity contribution in [1.29, 1.82) is 0 Å². The minimum Gasteiger partial charge on any atom is -0.381 e. The van der Waals surface area contributed by atoms with Gasteiger partial charge in [0.05, 0.1) is 11.5 Å². The van der Waals surface area contributed by atoms with Gasteiger partial charge in [-0.2, -0.15) is 8.42 Å². The third-order valence-electron chi connectivity index (χ3n) is 5.63. The minimum absolute atomic E-state index is 0.0719. The van der Waals surface area contributed by atoms with Gasteiger partial charge in [-0.3, -0.25) is 4.18 Å². The molecule has 5 nitrogen and oxygen atoms in total. The number of ether oxygens (including phenoxy) is 2. The Hall–Kier alpha value is -1.15. The lowest BCUT2D eigenvalue weighted by molar-refractivity contribution is 0.0230. The summed E-state index contributed by atoms with van der Waals surface area (Å²) in [7, 11) is -3.90. The Kier molecular flexibility index (Phi) is 5.95. The van der Waals surface area contributed by atoms with Crippen molar-refractivity contribution in [3.63, 3.8) is 0 Å². The molecule has 8 heteroatoms. The highest BCUT2D eigenvalue weighted by Gasteiger charge is 2.63. The zero-order valence-corrected chi connectivity index (χ0v) is 18.3. The molecule has 4 rings (SSSR count). The van der Waals surface area contributed by atoms with E-state index in [1.165, 1.54) is 0 Å². The molecular formula is C21H22Cl2O5S. The lowest BCUT2D eigenvalue weighted by Crippen LogP contribution is -2.36. The van der Waals surface area contributed by atoms with E-state index < -0.39 is 15.7 Å². The summed E-state index contributed by atoms with van der Waals surface area (Å²) in [5.41, 5.74) is 1.02. The standard InChI is InChI=1S/C21H22Cl2O5S/c1-14-2-5-17(6-3-14)29(24,25)27-13-21(15-8-10-26-11-9-15)20(28-21)18-7-4-16(22)12-19(18)23/h2-7,12,15,20H,8-11,13H2,1H3/t20-,21+/m0/s1. The summed E-state index contributed by atoms with van der Waals surface area (Å²) in [6, 6.07) is 11.8. The summed E-state index contributed by atoms with van der Waals surface area (Å²) in [6.45, 7) is 3.05. The molecule has 2 aliphatic rings. The first-order valence-corrected chi connectivity index (χ1v) is 11.6. The highest BCUT2D eigenvalue weighted by atomic mass is 35.5. The Morgan fingerprint density at radius 1 is 1.10 bits per heavy atom. The molecule has 2 aromatic carbocycles. The summed E-state index contributed by atoms with van der Waals surface area (Å²) in [6.07, 6.45) is 1.20. The van der Waals surface area contributed by atoms with Crippen LogP contribution in [0.5, 0.6) is 0 Å². The van der Waals surface area contributed by atoms with Crippen LogP contribution >= 0.6 is 23.2 Å². The van der Waals surface area contributed by atoms with Gasteiger partial charge in [0, 0.05) is 28.8 Å². The van der Waals surface area contributed by atoms with Crippen LogP contribution in [0, 0.1) is 12.8 Å². The molecular weight excluding hydrogens is 435 g/mol. The van der Waals surface area contributed by atoms with E-state index >= 15 is 0 Å². The predicted molar refractivity (Wildman–Crippen MR) is 111 cm³/mol. The number of hydrogen-bond acceptors (Lipinski definition) is 5. The van der Waals surface area contributed by atoms with Crippen LogP contribution in [-0.4, -0.2) is 33.8 Å². The zero-order valence-electron chi connectivity index (χ0n) is 15.9. The van der Waals surface area contributed by atoms with Crippen molar-refractivity contribution >= 4 is 33.3 Å². The van der Waals surface area contributed by atoms with E-state index in [1.54, 1.807) is 36.4 Å². The molecule has 0 N–H and O–H groups in total. The van der Waals surface area contributed by atoms with Crippen LogP contribution in [0.4, 0.5) is 0 Å². The summed E-state index contributed by atoms with van der Waals surface area (Å²) in [5.74, 6) is 0.112. The number of halogens is 2. The summed E-state index contributed by atoms with van der Waals surface area (Å²) >= 11 is 12.4. The number of benzene rings is 2. The summed E-state index contributed by atoms with van der Waals surface area (Å²) < 4.78 is 42.5. The van der Waals surface area contributed by atoms with Crippen molar-refractivity contribution in [2.75, 3.05) is 19.8 Å². The fourth-order valence-electron chi connectivity index (χ4n) is 3.89. The maximum absolute atomic E-state index is 12.7. The van der Waals surface area contributed by atoms with Gasteiger partial charge in [0.1, 0.15) is 11.7 Å². The minimum atomic E-state index is -3.90. The van der Waals surface area contributed by atoms with Gasteiger partial charge in [-0.25, -0.2) is 0 Å². The second-order valence-electron chi connectivity index (χ2n) is 7.53. The number of hydrogen-bond donors (Lipinski definition) is 0. The van der Waals surface area contributed by atoms with Gasteiger partial charge in [-0.15, -0.1) is 0 Å². The molecule has 156 valence electrons. The van der Waals surface area contributed by atoms with Gasteiger partial charge >= 0.3 is 0 Å². The second-order valence-corrected chi connectivity index (χ2v) is 9.99. The van der Waals surface area contributed by atoms with E-state index in [9.17, 15) is 8.42 Å². The van der Waals surface area contributed by atoms with E-state index in [2.05, 4.69) is 0 Å². The lowest BCUT2D eigenvalue weighted by atomic mass is 9.82. The molecule has 0 unspecified atom stereocenters. The van der Waals surface area contributed by atoms with Crippen LogP contribution in [-0.2, 0) is 23.8 Å². The summed E-state index contributed by atoms with van der Waals surface area (Å²) in [4.78, 5) is 0.131. The first-order chi connectivity index (χ1) is 13.8. The van der Waals surface area contributed by atoms with Crippen LogP contribution in [0.2, 0.25) is 10.0 Å². The van der Waals surface area contributed by atoms with Crippen LogP contribution in [0.15, 0.2) is 47.4 Å². The molecule has 0 aromatic heterocycles. The quantitative estimate of drug-likeness (QED) is 0.454. The van der Waals surface area contributed by atoms with Gasteiger partial charge in [0.2, 0.25) is 0 Å². The molecule has 0 aliphatic carbocycles. The fourth-order valence-corrected chi connectivity index (χ4v) is 5.35. The maximum atomic E-state index is 12.7. The molecule has 0 spiro atoms. The first kappa shape index (κ1) is 21.1. The molecule has 2 fully saturated rings. The first-order valence-electron chi connectivity index (χ1n) is 9.48. The van der Waals surface area contributed by atoms with Crippen molar-refractivity contribution < 1.29 is 22.1 Å². The summed E-state index contributed by atoms with van der Waals surface area (Å²) in [5, 5.41) is 1.03. The Morgan fingerprint density at radius 2 is 1.79 bits per heavy atom. The van der Waals surface area contributed by atoms with E-state index in [0.717, 1.165) is 24.0 Å². The third kappa shape index (κ3) is 4.33. The topological polar surface area (TPSA) is 65.1 Å². The van der Waals surface area contributed by atoms with Crippen molar-refractivity contribution in [1.82, 2.24) is 0 Å². The molecule has 2 saturated heterocycles. The van der Waals surface area contributed by atoms with Crippen LogP contribution in [0.3, 0.4) is 0 Å². The van der Waals surface area contributed by atoms with Gasteiger partial charge in [-0.1, -0.05) is 47.0 Å². The van der Waals surface area contributed by atoms with Gasteiger partial charge < -0.3 is 9.47 Å². The van der Waals surface area contributed by atoms with Crippen molar-refractivity contribution in [3.05, 3.63) is 63.6 Å². The van der Waals surface area contributed by atoms with Crippen molar-refractivity contribution in [3.8, 4) is 0 Å². The number of epoxide rings is 1. The Bertz CT molecular complexity index is 987. The Morgan fingerprint density at radius 3 is 2.45 bits per heavy atom.